The van der Waals surface area contributed by atoms with Crippen molar-refractivity contribution in [1.29, 1.82) is 0 Å². The fourth-order valence-electron chi connectivity index (χ4n) is 6.06. The van der Waals surface area contributed by atoms with E-state index in [0.29, 0.717) is 0 Å². The summed E-state index contributed by atoms with van der Waals surface area (Å²) >= 11 is 0. The number of para-hydroxylation sites is 3. The molecule has 2 nitrogen and oxygen atoms in total. The molecular weight excluding hydrogens is 460 g/mol. The van der Waals surface area contributed by atoms with Gasteiger partial charge in [0.15, 0.2) is 0 Å². The van der Waals surface area contributed by atoms with Crippen LogP contribution in [0.1, 0.15) is 0 Å². The maximum absolute atomic E-state index is 2.43. The zero-order chi connectivity index (χ0) is 25.1. The lowest BCUT2D eigenvalue weighted by molar-refractivity contribution is 1.17. The molecule has 0 amide bonds. The molecule has 0 radical (unpaired) electrons. The van der Waals surface area contributed by atoms with E-state index in [1.54, 1.807) is 0 Å². The first kappa shape index (κ1) is 21.0. The van der Waals surface area contributed by atoms with E-state index in [-0.39, 0.29) is 0 Å². The Bertz CT molecular complexity index is 2100. The number of rotatable bonds is 3. The minimum atomic E-state index is 1.17. The number of aromatic nitrogens is 2. The number of nitrogens with zero attached hydrogens (tertiary/aromatic N) is 2. The standard InChI is InChI=1S/C36H24N2/c1-3-11-25(12-4-1)26-19-21-27(22-20-26)34-31-16-8-9-17-32(31)37-24-23-30-29-15-7-10-18-33(29)38(35(30)36(34)37)28-13-5-2-6-14-28/h1-24H. The summed E-state index contributed by atoms with van der Waals surface area (Å²) in [6.07, 6.45) is 2.24. The second kappa shape index (κ2) is 8.22. The summed E-state index contributed by atoms with van der Waals surface area (Å²) < 4.78 is 4.80. The predicted octanol–water partition coefficient (Wildman–Crippen LogP) is 9.52. The lowest BCUT2D eigenvalue weighted by Gasteiger charge is -2.11. The van der Waals surface area contributed by atoms with Crippen molar-refractivity contribution in [3.05, 3.63) is 146 Å². The van der Waals surface area contributed by atoms with Gasteiger partial charge in [-0.1, -0.05) is 109 Å². The highest BCUT2D eigenvalue weighted by Gasteiger charge is 2.21. The van der Waals surface area contributed by atoms with Crippen molar-refractivity contribution in [3.8, 4) is 27.9 Å². The average molecular weight is 485 g/mol. The Labute approximate surface area is 220 Å². The largest absolute Gasteiger partial charge is 0.314 e. The predicted molar refractivity (Wildman–Crippen MR) is 160 cm³/mol. The molecular formula is C36H24N2. The Morgan fingerprint density at radius 2 is 0.947 bits per heavy atom. The SMILES string of the molecule is c1ccc(-c2ccc(-c3c4ccccc4n4ccc5c6ccccc6n(-c6ccccc6)c5c34)cc2)cc1. The summed E-state index contributed by atoms with van der Waals surface area (Å²) in [5.41, 5.74) is 11.0. The molecule has 3 aromatic heterocycles. The van der Waals surface area contributed by atoms with Crippen LogP contribution in [0.5, 0.6) is 0 Å². The fourth-order valence-corrected chi connectivity index (χ4v) is 6.06. The highest BCUT2D eigenvalue weighted by atomic mass is 15.0. The number of hydrogen-bond donors (Lipinski definition) is 0. The van der Waals surface area contributed by atoms with E-state index < -0.39 is 0 Å². The maximum Gasteiger partial charge on any atom is 0.0790 e. The van der Waals surface area contributed by atoms with Crippen molar-refractivity contribution >= 4 is 38.2 Å². The Hall–Kier alpha value is -5.08. The monoisotopic (exact) mass is 484 g/mol. The Kier molecular flexibility index (Phi) is 4.55. The summed E-state index contributed by atoms with van der Waals surface area (Å²) in [4.78, 5) is 0. The van der Waals surface area contributed by atoms with Crippen LogP contribution in [0, 0.1) is 0 Å². The summed E-state index contributed by atoms with van der Waals surface area (Å²) in [6.45, 7) is 0. The molecule has 0 aliphatic carbocycles. The van der Waals surface area contributed by atoms with Gasteiger partial charge in [0.1, 0.15) is 0 Å². The van der Waals surface area contributed by atoms with Gasteiger partial charge in [-0.15, -0.1) is 0 Å². The molecule has 0 N–H and O–H groups in total. The summed E-state index contributed by atoms with van der Waals surface area (Å²) in [6, 6.07) is 50.1. The number of pyridine rings is 1. The first-order chi connectivity index (χ1) is 18.9. The fraction of sp³-hybridized carbons (Fsp3) is 0. The van der Waals surface area contributed by atoms with Crippen molar-refractivity contribution in [1.82, 2.24) is 8.97 Å². The molecule has 38 heavy (non-hydrogen) atoms. The van der Waals surface area contributed by atoms with Crippen LogP contribution < -0.4 is 0 Å². The first-order valence-electron chi connectivity index (χ1n) is 13.0. The minimum absolute atomic E-state index is 1.17. The van der Waals surface area contributed by atoms with E-state index in [9.17, 15) is 0 Å². The smallest absolute Gasteiger partial charge is 0.0790 e. The van der Waals surface area contributed by atoms with Gasteiger partial charge in [-0.25, -0.2) is 0 Å². The second-order valence-electron chi connectivity index (χ2n) is 9.82. The van der Waals surface area contributed by atoms with E-state index in [2.05, 4.69) is 155 Å². The lowest BCUT2D eigenvalue weighted by Crippen LogP contribution is -1.96. The molecule has 0 atom stereocenters. The van der Waals surface area contributed by atoms with Crippen molar-refractivity contribution < 1.29 is 0 Å². The molecule has 0 fully saturated rings. The quantitative estimate of drug-likeness (QED) is 0.236. The molecule has 0 saturated carbocycles. The third-order valence-corrected chi connectivity index (χ3v) is 7.73. The summed E-state index contributed by atoms with van der Waals surface area (Å²) in [5, 5.41) is 3.80. The topological polar surface area (TPSA) is 9.34 Å². The highest BCUT2D eigenvalue weighted by Crippen LogP contribution is 2.43. The van der Waals surface area contributed by atoms with Gasteiger partial charge >= 0.3 is 0 Å². The van der Waals surface area contributed by atoms with Crippen LogP contribution in [0.25, 0.3) is 66.2 Å². The van der Waals surface area contributed by atoms with Gasteiger partial charge in [0.2, 0.25) is 0 Å². The van der Waals surface area contributed by atoms with Crippen LogP contribution in [0.15, 0.2) is 146 Å². The third-order valence-electron chi connectivity index (χ3n) is 7.73. The molecule has 178 valence electrons. The summed E-state index contributed by atoms with van der Waals surface area (Å²) in [5.74, 6) is 0. The zero-order valence-electron chi connectivity index (χ0n) is 20.8. The van der Waals surface area contributed by atoms with Gasteiger partial charge in [0, 0.05) is 33.6 Å². The molecule has 2 heteroatoms. The normalized spacial score (nSPS) is 11.7. The summed E-state index contributed by atoms with van der Waals surface area (Å²) in [7, 11) is 0. The molecule has 0 unspecified atom stereocenters. The van der Waals surface area contributed by atoms with Crippen LogP contribution in [0.2, 0.25) is 0 Å². The van der Waals surface area contributed by atoms with Gasteiger partial charge in [-0.05, 0) is 47.0 Å². The van der Waals surface area contributed by atoms with E-state index in [4.69, 9.17) is 0 Å². The Morgan fingerprint density at radius 1 is 0.368 bits per heavy atom. The molecule has 0 aliphatic heterocycles. The van der Waals surface area contributed by atoms with E-state index in [1.165, 1.54) is 66.2 Å². The van der Waals surface area contributed by atoms with Gasteiger partial charge in [-0.2, -0.15) is 0 Å². The van der Waals surface area contributed by atoms with Gasteiger partial charge in [0.05, 0.1) is 22.1 Å². The van der Waals surface area contributed by atoms with E-state index >= 15 is 0 Å². The van der Waals surface area contributed by atoms with Crippen molar-refractivity contribution in [2.45, 2.75) is 0 Å². The lowest BCUT2D eigenvalue weighted by atomic mass is 9.98. The van der Waals surface area contributed by atoms with Gasteiger partial charge < -0.3 is 8.97 Å². The molecule has 8 aromatic rings. The molecule has 5 aromatic carbocycles. The highest BCUT2D eigenvalue weighted by molar-refractivity contribution is 6.20. The Balaban J connectivity index is 1.52. The zero-order valence-corrected chi connectivity index (χ0v) is 20.8. The van der Waals surface area contributed by atoms with E-state index in [0.717, 1.165) is 0 Å². The third kappa shape index (κ3) is 3.01. The van der Waals surface area contributed by atoms with Crippen LogP contribution in [0.4, 0.5) is 0 Å². The second-order valence-corrected chi connectivity index (χ2v) is 9.82. The molecule has 0 saturated heterocycles. The maximum atomic E-state index is 2.43. The van der Waals surface area contributed by atoms with E-state index in [1.807, 2.05) is 0 Å². The van der Waals surface area contributed by atoms with Gasteiger partial charge in [0.25, 0.3) is 0 Å². The molecule has 0 bridgehead atoms. The molecule has 3 heterocycles. The minimum Gasteiger partial charge on any atom is -0.314 e. The van der Waals surface area contributed by atoms with Crippen LogP contribution >= 0.6 is 0 Å². The number of fused-ring (bicyclic) bond motifs is 7. The first-order valence-corrected chi connectivity index (χ1v) is 13.0. The van der Waals surface area contributed by atoms with Gasteiger partial charge in [-0.3, -0.25) is 0 Å². The molecule has 0 aliphatic rings. The van der Waals surface area contributed by atoms with Crippen molar-refractivity contribution in [3.63, 3.8) is 0 Å². The van der Waals surface area contributed by atoms with Crippen molar-refractivity contribution in [2.24, 2.45) is 0 Å². The molecule has 8 rings (SSSR count). The average Bonchev–Trinajstić information content (AvgIpc) is 3.51. The number of hydrogen-bond acceptors (Lipinski definition) is 0. The Morgan fingerprint density at radius 3 is 1.71 bits per heavy atom. The molecule has 0 spiro atoms. The number of benzene rings is 5. The van der Waals surface area contributed by atoms with Crippen LogP contribution in [-0.4, -0.2) is 8.97 Å². The van der Waals surface area contributed by atoms with Crippen LogP contribution in [0.3, 0.4) is 0 Å². The van der Waals surface area contributed by atoms with Crippen LogP contribution in [-0.2, 0) is 0 Å². The van der Waals surface area contributed by atoms with Crippen molar-refractivity contribution in [2.75, 3.05) is 0 Å².